The number of hydrogen-bond donors (Lipinski definition) is 2. The first-order valence-electron chi connectivity index (χ1n) is 5.47. The molecule has 0 aliphatic heterocycles. The van der Waals surface area contributed by atoms with Crippen LogP contribution in [0, 0.1) is 0 Å². The molecule has 1 aromatic carbocycles. The molecule has 1 saturated carbocycles. The van der Waals surface area contributed by atoms with E-state index in [1.807, 2.05) is 12.1 Å². The summed E-state index contributed by atoms with van der Waals surface area (Å²) in [5.41, 5.74) is 1.24. The molecular weight excluding hydrogens is 284 g/mol. The maximum atomic E-state index is 5.24. The van der Waals surface area contributed by atoms with Crippen LogP contribution in [-0.4, -0.2) is 11.2 Å². The molecule has 0 bridgehead atoms. The van der Waals surface area contributed by atoms with Crippen molar-refractivity contribution < 1.29 is 0 Å². The van der Waals surface area contributed by atoms with Gasteiger partial charge < -0.3 is 10.6 Å². The standard InChI is InChI=1S/C12H15BrN2S/c1-8(9-2-4-10(13)5-3-9)14-12(16)15-11-6-7-11/h2-5,8,11H,6-7H2,1H3,(H2,14,15,16). The van der Waals surface area contributed by atoms with E-state index < -0.39 is 0 Å². The molecule has 0 heterocycles. The highest BCUT2D eigenvalue weighted by Gasteiger charge is 2.22. The Morgan fingerprint density at radius 2 is 2.00 bits per heavy atom. The predicted octanol–water partition coefficient (Wildman–Crippen LogP) is 3.14. The molecule has 16 heavy (non-hydrogen) atoms. The number of nitrogens with one attached hydrogen (secondary N) is 2. The fourth-order valence-corrected chi connectivity index (χ4v) is 2.09. The Balaban J connectivity index is 1.88. The quantitative estimate of drug-likeness (QED) is 0.839. The minimum absolute atomic E-state index is 0.242. The second kappa shape index (κ2) is 5.15. The molecule has 2 N–H and O–H groups in total. The Morgan fingerprint density at radius 3 is 2.56 bits per heavy atom. The van der Waals surface area contributed by atoms with E-state index in [-0.39, 0.29) is 6.04 Å². The first kappa shape index (κ1) is 11.9. The minimum atomic E-state index is 0.242. The van der Waals surface area contributed by atoms with Crippen molar-refractivity contribution in [1.29, 1.82) is 0 Å². The van der Waals surface area contributed by atoms with Gasteiger partial charge in [0.15, 0.2) is 5.11 Å². The summed E-state index contributed by atoms with van der Waals surface area (Å²) in [4.78, 5) is 0. The topological polar surface area (TPSA) is 24.1 Å². The Labute approximate surface area is 110 Å². The normalized spacial score (nSPS) is 16.6. The molecule has 86 valence electrons. The van der Waals surface area contributed by atoms with Gasteiger partial charge in [0.25, 0.3) is 0 Å². The summed E-state index contributed by atoms with van der Waals surface area (Å²) in [7, 11) is 0. The molecule has 0 aromatic heterocycles. The molecule has 0 spiro atoms. The molecule has 1 unspecified atom stereocenters. The largest absolute Gasteiger partial charge is 0.360 e. The van der Waals surface area contributed by atoms with Gasteiger partial charge >= 0.3 is 0 Å². The van der Waals surface area contributed by atoms with E-state index in [4.69, 9.17) is 12.2 Å². The summed E-state index contributed by atoms with van der Waals surface area (Å²) >= 11 is 8.67. The van der Waals surface area contributed by atoms with Gasteiger partial charge in [0.05, 0.1) is 6.04 Å². The van der Waals surface area contributed by atoms with Crippen molar-refractivity contribution in [3.05, 3.63) is 34.3 Å². The van der Waals surface area contributed by atoms with Gasteiger partial charge in [-0.05, 0) is 49.7 Å². The van der Waals surface area contributed by atoms with Gasteiger partial charge in [0.2, 0.25) is 0 Å². The second-order valence-electron chi connectivity index (χ2n) is 4.17. The van der Waals surface area contributed by atoms with Crippen molar-refractivity contribution in [2.24, 2.45) is 0 Å². The summed E-state index contributed by atoms with van der Waals surface area (Å²) < 4.78 is 1.10. The zero-order valence-electron chi connectivity index (χ0n) is 9.16. The third-order valence-electron chi connectivity index (χ3n) is 2.63. The summed E-state index contributed by atoms with van der Waals surface area (Å²) in [6.45, 7) is 2.12. The Hall–Kier alpha value is -0.610. The number of hydrogen-bond acceptors (Lipinski definition) is 1. The van der Waals surface area contributed by atoms with E-state index in [1.54, 1.807) is 0 Å². The van der Waals surface area contributed by atoms with Gasteiger partial charge in [0.1, 0.15) is 0 Å². The van der Waals surface area contributed by atoms with Crippen LogP contribution in [0.15, 0.2) is 28.7 Å². The zero-order chi connectivity index (χ0) is 11.5. The highest BCUT2D eigenvalue weighted by Crippen LogP contribution is 2.19. The van der Waals surface area contributed by atoms with E-state index in [2.05, 4.69) is 45.6 Å². The van der Waals surface area contributed by atoms with E-state index >= 15 is 0 Å². The first-order chi connectivity index (χ1) is 7.65. The van der Waals surface area contributed by atoms with Gasteiger partial charge in [-0.1, -0.05) is 28.1 Å². The highest BCUT2D eigenvalue weighted by molar-refractivity contribution is 9.10. The van der Waals surface area contributed by atoms with Gasteiger partial charge in [-0.2, -0.15) is 0 Å². The smallest absolute Gasteiger partial charge is 0.166 e. The van der Waals surface area contributed by atoms with Crippen molar-refractivity contribution >= 4 is 33.3 Å². The van der Waals surface area contributed by atoms with Crippen molar-refractivity contribution in [3.8, 4) is 0 Å². The van der Waals surface area contributed by atoms with Crippen LogP contribution in [0.3, 0.4) is 0 Å². The molecule has 4 heteroatoms. The van der Waals surface area contributed by atoms with Crippen molar-refractivity contribution in [3.63, 3.8) is 0 Å². The van der Waals surface area contributed by atoms with E-state index in [1.165, 1.54) is 18.4 Å². The van der Waals surface area contributed by atoms with Crippen LogP contribution >= 0.6 is 28.1 Å². The molecule has 1 fully saturated rings. The Bertz CT molecular complexity index is 373. The average molecular weight is 299 g/mol. The third-order valence-corrected chi connectivity index (χ3v) is 3.39. The predicted molar refractivity (Wildman–Crippen MR) is 74.4 cm³/mol. The van der Waals surface area contributed by atoms with Crippen LogP contribution in [0.1, 0.15) is 31.4 Å². The van der Waals surface area contributed by atoms with Crippen LogP contribution in [0.4, 0.5) is 0 Å². The van der Waals surface area contributed by atoms with Crippen LogP contribution in [0.2, 0.25) is 0 Å². The van der Waals surface area contributed by atoms with Crippen LogP contribution < -0.4 is 10.6 Å². The maximum Gasteiger partial charge on any atom is 0.166 e. The first-order valence-corrected chi connectivity index (χ1v) is 6.68. The van der Waals surface area contributed by atoms with Gasteiger partial charge in [-0.25, -0.2) is 0 Å². The number of rotatable bonds is 3. The zero-order valence-corrected chi connectivity index (χ0v) is 11.6. The Morgan fingerprint density at radius 1 is 1.38 bits per heavy atom. The Kier molecular flexibility index (Phi) is 3.82. The summed E-state index contributed by atoms with van der Waals surface area (Å²) in [5, 5.41) is 7.33. The van der Waals surface area contributed by atoms with Crippen LogP contribution in [0.5, 0.6) is 0 Å². The van der Waals surface area contributed by atoms with Crippen LogP contribution in [0.25, 0.3) is 0 Å². The molecule has 1 aliphatic carbocycles. The fourth-order valence-electron chi connectivity index (χ4n) is 1.49. The molecule has 1 atom stereocenters. The lowest BCUT2D eigenvalue weighted by Crippen LogP contribution is -2.37. The van der Waals surface area contributed by atoms with E-state index in [0.29, 0.717) is 6.04 Å². The van der Waals surface area contributed by atoms with Crippen LogP contribution in [-0.2, 0) is 0 Å². The SMILES string of the molecule is CC(NC(=S)NC1CC1)c1ccc(Br)cc1. The monoisotopic (exact) mass is 298 g/mol. The van der Waals surface area contributed by atoms with E-state index in [9.17, 15) is 0 Å². The van der Waals surface area contributed by atoms with Crippen molar-refractivity contribution in [1.82, 2.24) is 10.6 Å². The summed E-state index contributed by atoms with van der Waals surface area (Å²) in [6, 6.07) is 9.14. The van der Waals surface area contributed by atoms with Crippen molar-refractivity contribution in [2.45, 2.75) is 31.8 Å². The second-order valence-corrected chi connectivity index (χ2v) is 5.49. The fraction of sp³-hybridized carbons (Fsp3) is 0.417. The van der Waals surface area contributed by atoms with E-state index in [0.717, 1.165) is 9.59 Å². The molecule has 0 saturated heterocycles. The van der Waals surface area contributed by atoms with Crippen molar-refractivity contribution in [2.75, 3.05) is 0 Å². The lowest BCUT2D eigenvalue weighted by atomic mass is 10.1. The lowest BCUT2D eigenvalue weighted by molar-refractivity contribution is 0.697. The molecule has 0 radical (unpaired) electrons. The highest BCUT2D eigenvalue weighted by atomic mass is 79.9. The molecule has 2 nitrogen and oxygen atoms in total. The minimum Gasteiger partial charge on any atom is -0.360 e. The molecule has 1 aliphatic rings. The summed E-state index contributed by atoms with van der Waals surface area (Å²) in [6.07, 6.45) is 2.49. The molecule has 1 aromatic rings. The van der Waals surface area contributed by atoms with Gasteiger partial charge in [-0.15, -0.1) is 0 Å². The van der Waals surface area contributed by atoms with Gasteiger partial charge in [0, 0.05) is 10.5 Å². The molecule has 0 amide bonds. The summed E-state index contributed by atoms with van der Waals surface area (Å²) in [5.74, 6) is 0. The molecular formula is C12H15BrN2S. The number of benzene rings is 1. The average Bonchev–Trinajstić information content (AvgIpc) is 3.02. The lowest BCUT2D eigenvalue weighted by Gasteiger charge is -2.17. The number of halogens is 1. The maximum absolute atomic E-state index is 5.24. The van der Waals surface area contributed by atoms with Gasteiger partial charge in [-0.3, -0.25) is 0 Å². The third kappa shape index (κ3) is 3.46. The number of thiocarbonyl (C=S) groups is 1. The molecule has 2 rings (SSSR count).